The molecule has 0 aliphatic rings. The Labute approximate surface area is 89.4 Å². The van der Waals surface area contributed by atoms with Crippen LogP contribution in [0.25, 0.3) is 0 Å². The first-order valence-electron chi connectivity index (χ1n) is 4.93. The van der Waals surface area contributed by atoms with Gasteiger partial charge >= 0.3 is 0 Å². The average Bonchev–Trinajstić information content (AvgIpc) is 2.25. The van der Waals surface area contributed by atoms with Gasteiger partial charge in [0.25, 0.3) is 5.91 Å². The molecule has 4 nitrogen and oxygen atoms in total. The zero-order valence-corrected chi connectivity index (χ0v) is 8.82. The summed E-state index contributed by atoms with van der Waals surface area (Å²) < 4.78 is 5.13. The Kier molecular flexibility index (Phi) is 4.63. The van der Waals surface area contributed by atoms with Crippen LogP contribution in [0.2, 0.25) is 0 Å². The molecular weight excluding hydrogens is 192 g/mol. The third-order valence-corrected chi connectivity index (χ3v) is 1.88. The first-order chi connectivity index (χ1) is 7.22. The van der Waals surface area contributed by atoms with Crippen molar-refractivity contribution < 1.29 is 9.53 Å². The predicted octanol–water partition coefficient (Wildman–Crippen LogP) is 0.660. The van der Waals surface area contributed by atoms with Gasteiger partial charge in [-0.15, -0.1) is 0 Å². The Morgan fingerprint density at radius 3 is 2.60 bits per heavy atom. The maximum atomic E-state index is 10.5. The standard InChI is InChI=1S/C11H16N2O2/c1-2-13-7-9-3-5-10(6-4-9)15-8-11(12)14/h3-6,13H,2,7-8H2,1H3,(H2,12,14). The Bertz CT molecular complexity index is 309. The monoisotopic (exact) mass is 208 g/mol. The number of rotatable bonds is 6. The number of amides is 1. The van der Waals surface area contributed by atoms with Crippen LogP contribution in [0.15, 0.2) is 24.3 Å². The molecule has 0 saturated carbocycles. The smallest absolute Gasteiger partial charge is 0.255 e. The number of carbonyl (C=O) groups excluding carboxylic acids is 1. The Morgan fingerprint density at radius 2 is 2.07 bits per heavy atom. The van der Waals surface area contributed by atoms with Crippen molar-refractivity contribution in [1.29, 1.82) is 0 Å². The Morgan fingerprint density at radius 1 is 1.40 bits per heavy atom. The van der Waals surface area contributed by atoms with Crippen LogP contribution in [0.3, 0.4) is 0 Å². The van der Waals surface area contributed by atoms with Gasteiger partial charge in [0.1, 0.15) is 5.75 Å². The van der Waals surface area contributed by atoms with Gasteiger partial charge in [-0.3, -0.25) is 4.79 Å². The van der Waals surface area contributed by atoms with Gasteiger partial charge in [-0.25, -0.2) is 0 Å². The number of hydrogen-bond donors (Lipinski definition) is 2. The second-order valence-electron chi connectivity index (χ2n) is 3.18. The Hall–Kier alpha value is -1.55. The molecule has 1 amide bonds. The lowest BCUT2D eigenvalue weighted by Gasteiger charge is -2.05. The number of ether oxygens (including phenoxy) is 1. The van der Waals surface area contributed by atoms with E-state index in [2.05, 4.69) is 12.2 Å². The SMILES string of the molecule is CCNCc1ccc(OCC(N)=O)cc1. The van der Waals surface area contributed by atoms with Crippen molar-refractivity contribution in [3.63, 3.8) is 0 Å². The highest BCUT2D eigenvalue weighted by molar-refractivity contribution is 5.75. The molecule has 0 aliphatic heterocycles. The van der Waals surface area contributed by atoms with Crippen LogP contribution in [0.5, 0.6) is 5.75 Å². The zero-order valence-electron chi connectivity index (χ0n) is 8.82. The minimum Gasteiger partial charge on any atom is -0.484 e. The lowest BCUT2D eigenvalue weighted by molar-refractivity contribution is -0.119. The summed E-state index contributed by atoms with van der Waals surface area (Å²) in [6.45, 7) is 3.77. The molecule has 0 aromatic heterocycles. The maximum Gasteiger partial charge on any atom is 0.255 e. The van der Waals surface area contributed by atoms with Crippen molar-refractivity contribution in [3.05, 3.63) is 29.8 Å². The van der Waals surface area contributed by atoms with E-state index in [1.165, 1.54) is 5.56 Å². The summed E-state index contributed by atoms with van der Waals surface area (Å²) in [5.41, 5.74) is 6.15. The quantitative estimate of drug-likeness (QED) is 0.721. The van der Waals surface area contributed by atoms with Crippen LogP contribution < -0.4 is 15.8 Å². The molecule has 0 aliphatic carbocycles. The molecule has 0 heterocycles. The third-order valence-electron chi connectivity index (χ3n) is 1.88. The molecule has 0 saturated heterocycles. The van der Waals surface area contributed by atoms with E-state index in [1.807, 2.05) is 24.3 Å². The maximum absolute atomic E-state index is 10.5. The van der Waals surface area contributed by atoms with Crippen LogP contribution in [0, 0.1) is 0 Å². The summed E-state index contributed by atoms with van der Waals surface area (Å²) in [5.74, 6) is 0.195. The fourth-order valence-corrected chi connectivity index (χ4v) is 1.13. The van der Waals surface area contributed by atoms with Crippen LogP contribution in [0.4, 0.5) is 0 Å². The highest BCUT2D eigenvalue weighted by atomic mass is 16.5. The molecule has 0 radical (unpaired) electrons. The minimum absolute atomic E-state index is 0.0768. The van der Waals surface area contributed by atoms with Crippen LogP contribution in [-0.2, 0) is 11.3 Å². The van der Waals surface area contributed by atoms with E-state index < -0.39 is 5.91 Å². The molecule has 82 valence electrons. The molecule has 0 fully saturated rings. The number of nitrogens with two attached hydrogens (primary N) is 1. The third kappa shape index (κ3) is 4.46. The first-order valence-corrected chi connectivity index (χ1v) is 4.93. The molecule has 1 aromatic rings. The van der Waals surface area contributed by atoms with E-state index >= 15 is 0 Å². The van der Waals surface area contributed by atoms with Crippen LogP contribution in [0.1, 0.15) is 12.5 Å². The van der Waals surface area contributed by atoms with E-state index in [0.717, 1.165) is 13.1 Å². The van der Waals surface area contributed by atoms with E-state index in [-0.39, 0.29) is 6.61 Å². The molecule has 3 N–H and O–H groups in total. The molecule has 0 atom stereocenters. The number of carbonyl (C=O) groups is 1. The number of benzene rings is 1. The predicted molar refractivity (Wildman–Crippen MR) is 58.5 cm³/mol. The molecule has 4 heteroatoms. The first kappa shape index (κ1) is 11.5. The van der Waals surface area contributed by atoms with Crippen molar-refractivity contribution >= 4 is 5.91 Å². The molecule has 1 rings (SSSR count). The normalized spacial score (nSPS) is 9.93. The van der Waals surface area contributed by atoms with Crippen molar-refractivity contribution in [2.45, 2.75) is 13.5 Å². The summed E-state index contributed by atoms with van der Waals surface area (Å²) in [6.07, 6.45) is 0. The van der Waals surface area contributed by atoms with Gasteiger partial charge in [0, 0.05) is 6.54 Å². The van der Waals surface area contributed by atoms with E-state index in [4.69, 9.17) is 10.5 Å². The fraction of sp³-hybridized carbons (Fsp3) is 0.364. The van der Waals surface area contributed by atoms with Gasteiger partial charge in [0.15, 0.2) is 6.61 Å². The minimum atomic E-state index is -0.466. The highest BCUT2D eigenvalue weighted by Crippen LogP contribution is 2.11. The second kappa shape index (κ2) is 6.03. The van der Waals surface area contributed by atoms with Gasteiger partial charge in [0.2, 0.25) is 0 Å². The topological polar surface area (TPSA) is 64.3 Å². The second-order valence-corrected chi connectivity index (χ2v) is 3.18. The van der Waals surface area contributed by atoms with Gasteiger partial charge in [-0.2, -0.15) is 0 Å². The Balaban J connectivity index is 2.45. The molecular formula is C11H16N2O2. The highest BCUT2D eigenvalue weighted by Gasteiger charge is 1.97. The van der Waals surface area contributed by atoms with E-state index in [1.54, 1.807) is 0 Å². The van der Waals surface area contributed by atoms with Gasteiger partial charge in [-0.1, -0.05) is 19.1 Å². The average molecular weight is 208 g/mol. The summed E-state index contributed by atoms with van der Waals surface area (Å²) >= 11 is 0. The van der Waals surface area contributed by atoms with Crippen LogP contribution in [-0.4, -0.2) is 19.1 Å². The van der Waals surface area contributed by atoms with E-state index in [9.17, 15) is 4.79 Å². The molecule has 15 heavy (non-hydrogen) atoms. The van der Waals surface area contributed by atoms with Crippen molar-refractivity contribution in [2.75, 3.05) is 13.2 Å². The van der Waals surface area contributed by atoms with Crippen molar-refractivity contribution in [2.24, 2.45) is 5.73 Å². The summed E-state index contributed by atoms with van der Waals surface area (Å²) in [6, 6.07) is 7.57. The zero-order chi connectivity index (χ0) is 11.1. The number of nitrogens with one attached hydrogen (secondary N) is 1. The lowest BCUT2D eigenvalue weighted by Crippen LogP contribution is -2.20. The summed E-state index contributed by atoms with van der Waals surface area (Å²) in [4.78, 5) is 10.5. The summed E-state index contributed by atoms with van der Waals surface area (Å²) in [5, 5.41) is 3.22. The molecule has 0 spiro atoms. The number of hydrogen-bond acceptors (Lipinski definition) is 3. The van der Waals surface area contributed by atoms with Gasteiger partial charge < -0.3 is 15.8 Å². The summed E-state index contributed by atoms with van der Waals surface area (Å²) in [7, 11) is 0. The largest absolute Gasteiger partial charge is 0.484 e. The molecule has 0 bridgehead atoms. The van der Waals surface area contributed by atoms with Crippen molar-refractivity contribution in [1.82, 2.24) is 5.32 Å². The van der Waals surface area contributed by atoms with Crippen molar-refractivity contribution in [3.8, 4) is 5.75 Å². The van der Waals surface area contributed by atoms with E-state index in [0.29, 0.717) is 5.75 Å². The van der Waals surface area contributed by atoms with Crippen LogP contribution >= 0.6 is 0 Å². The number of primary amides is 1. The van der Waals surface area contributed by atoms with Gasteiger partial charge in [0.05, 0.1) is 0 Å². The van der Waals surface area contributed by atoms with Gasteiger partial charge in [-0.05, 0) is 24.2 Å². The molecule has 1 aromatic carbocycles. The lowest BCUT2D eigenvalue weighted by atomic mass is 10.2. The fourth-order valence-electron chi connectivity index (χ4n) is 1.13. The molecule has 0 unspecified atom stereocenters.